The molecule has 0 unspecified atom stereocenters. The molecule has 0 spiro atoms. The van der Waals surface area contributed by atoms with E-state index in [1.165, 1.54) is 0 Å². The Kier molecular flexibility index (Phi) is 4.85. The Morgan fingerprint density at radius 2 is 2.16 bits per heavy atom. The number of carbonyl (C=O) groups is 2. The first kappa shape index (κ1) is 14.9. The van der Waals surface area contributed by atoms with Crippen molar-refractivity contribution in [2.45, 2.75) is 32.2 Å². The highest BCUT2D eigenvalue weighted by Crippen LogP contribution is 2.07. The molecule has 0 aliphatic carbocycles. The van der Waals surface area contributed by atoms with E-state index in [2.05, 4.69) is 20.8 Å². The van der Waals surface area contributed by atoms with E-state index in [0.717, 1.165) is 5.82 Å². The molecule has 0 fully saturated rings. The fraction of sp³-hybridized carbons (Fsp3) is 0.636. The van der Waals surface area contributed by atoms with Crippen molar-refractivity contribution in [3.63, 3.8) is 0 Å². The Morgan fingerprint density at radius 1 is 1.47 bits per heavy atom. The van der Waals surface area contributed by atoms with Gasteiger partial charge in [-0.05, 0) is 13.8 Å². The van der Waals surface area contributed by atoms with Crippen molar-refractivity contribution in [2.24, 2.45) is 7.05 Å². The van der Waals surface area contributed by atoms with Gasteiger partial charge in [-0.25, -0.2) is 4.79 Å². The lowest BCUT2D eigenvalue weighted by Gasteiger charge is -2.24. The Morgan fingerprint density at radius 3 is 2.68 bits per heavy atom. The molecule has 1 aromatic heterocycles. The van der Waals surface area contributed by atoms with Crippen LogP contribution in [0.1, 0.15) is 26.1 Å². The van der Waals surface area contributed by atoms with E-state index in [1.54, 1.807) is 24.7 Å². The van der Waals surface area contributed by atoms with Crippen molar-refractivity contribution in [3.05, 3.63) is 12.2 Å². The molecular weight excluding hydrogens is 250 g/mol. The minimum absolute atomic E-state index is 0.135. The fourth-order valence-electron chi connectivity index (χ4n) is 1.60. The summed E-state index contributed by atoms with van der Waals surface area (Å²) in [5.74, 6) is -0.186. The normalized spacial score (nSPS) is 11.1. The summed E-state index contributed by atoms with van der Waals surface area (Å²) in [5, 5.41) is 21.6. The van der Waals surface area contributed by atoms with Gasteiger partial charge in [-0.3, -0.25) is 4.79 Å². The van der Waals surface area contributed by atoms with Crippen LogP contribution in [0.2, 0.25) is 0 Å². The van der Waals surface area contributed by atoms with Gasteiger partial charge in [0.1, 0.15) is 12.2 Å². The van der Waals surface area contributed by atoms with E-state index in [4.69, 9.17) is 5.11 Å². The summed E-state index contributed by atoms with van der Waals surface area (Å²) in [5.41, 5.74) is -0.791. The molecule has 8 nitrogen and oxygen atoms in total. The molecule has 0 aliphatic heterocycles. The summed E-state index contributed by atoms with van der Waals surface area (Å²) in [6.45, 7) is 3.72. The molecule has 1 heterocycles. The highest BCUT2D eigenvalue weighted by atomic mass is 16.4. The van der Waals surface area contributed by atoms with Gasteiger partial charge in [0.2, 0.25) is 0 Å². The Labute approximate surface area is 111 Å². The summed E-state index contributed by atoms with van der Waals surface area (Å²) in [4.78, 5) is 22.2. The fourth-order valence-corrected chi connectivity index (χ4v) is 1.60. The lowest BCUT2D eigenvalue weighted by Crippen LogP contribution is -2.49. The number of hydrogen-bond donors (Lipinski definition) is 3. The zero-order valence-corrected chi connectivity index (χ0v) is 11.3. The third-order valence-electron chi connectivity index (χ3n) is 2.48. The lowest BCUT2D eigenvalue weighted by atomic mass is 10.0. The van der Waals surface area contributed by atoms with Gasteiger partial charge in [0.15, 0.2) is 0 Å². The van der Waals surface area contributed by atoms with Gasteiger partial charge >= 0.3 is 12.0 Å². The number of nitrogens with zero attached hydrogens (tertiary/aromatic N) is 3. The number of carboxylic acid groups (broad SMARTS) is 1. The van der Waals surface area contributed by atoms with Gasteiger partial charge in [0.25, 0.3) is 0 Å². The molecule has 1 rings (SSSR count). The second-order valence-electron chi connectivity index (χ2n) is 4.94. The molecule has 0 saturated heterocycles. The number of rotatable bonds is 6. The number of aromatic nitrogens is 3. The van der Waals surface area contributed by atoms with Crippen LogP contribution in [0.15, 0.2) is 6.33 Å². The average Bonchev–Trinajstić information content (AvgIpc) is 2.61. The van der Waals surface area contributed by atoms with Gasteiger partial charge in [-0.1, -0.05) is 0 Å². The van der Waals surface area contributed by atoms with Crippen molar-refractivity contribution >= 4 is 12.0 Å². The van der Waals surface area contributed by atoms with Crippen molar-refractivity contribution in [1.29, 1.82) is 0 Å². The van der Waals surface area contributed by atoms with E-state index in [0.29, 0.717) is 13.0 Å². The third kappa shape index (κ3) is 5.36. The monoisotopic (exact) mass is 269 g/mol. The molecule has 2 amide bonds. The molecule has 8 heteroatoms. The molecule has 0 aromatic carbocycles. The van der Waals surface area contributed by atoms with Crippen LogP contribution in [0.5, 0.6) is 0 Å². The first-order valence-electron chi connectivity index (χ1n) is 5.91. The van der Waals surface area contributed by atoms with Crippen molar-refractivity contribution in [3.8, 4) is 0 Å². The van der Waals surface area contributed by atoms with E-state index in [-0.39, 0.29) is 6.42 Å². The minimum Gasteiger partial charge on any atom is -0.481 e. The number of carbonyl (C=O) groups excluding carboxylic acids is 1. The largest absolute Gasteiger partial charge is 0.481 e. The predicted octanol–water partition coefficient (Wildman–Crippen LogP) is -0.0899. The van der Waals surface area contributed by atoms with Gasteiger partial charge in [0.05, 0.1) is 6.42 Å². The first-order chi connectivity index (χ1) is 8.80. The second-order valence-corrected chi connectivity index (χ2v) is 4.94. The number of carboxylic acids is 1. The van der Waals surface area contributed by atoms with Gasteiger partial charge in [-0.15, -0.1) is 10.2 Å². The minimum atomic E-state index is -0.954. The number of aryl methyl sites for hydroxylation is 1. The van der Waals surface area contributed by atoms with Gasteiger partial charge in [0, 0.05) is 25.6 Å². The number of hydrogen-bond acceptors (Lipinski definition) is 4. The Hall–Kier alpha value is -2.12. The molecule has 3 N–H and O–H groups in total. The predicted molar refractivity (Wildman–Crippen MR) is 67.6 cm³/mol. The number of urea groups is 1. The standard InChI is InChI=1S/C11H19N5O3/c1-11(2,6-9(17)18)14-10(19)12-5-4-8-15-13-7-16(8)3/h7H,4-6H2,1-3H3,(H,17,18)(H2,12,14,19). The van der Waals surface area contributed by atoms with Crippen molar-refractivity contribution in [2.75, 3.05) is 6.54 Å². The van der Waals surface area contributed by atoms with Crippen molar-refractivity contribution < 1.29 is 14.7 Å². The van der Waals surface area contributed by atoms with E-state index >= 15 is 0 Å². The van der Waals surface area contributed by atoms with Gasteiger partial charge < -0.3 is 20.3 Å². The lowest BCUT2D eigenvalue weighted by molar-refractivity contribution is -0.138. The molecule has 19 heavy (non-hydrogen) atoms. The molecule has 0 radical (unpaired) electrons. The summed E-state index contributed by atoms with van der Waals surface area (Å²) >= 11 is 0. The summed E-state index contributed by atoms with van der Waals surface area (Å²) in [6.07, 6.45) is 2.01. The SMILES string of the molecule is Cn1cnnc1CCNC(=O)NC(C)(C)CC(=O)O. The zero-order valence-electron chi connectivity index (χ0n) is 11.3. The van der Waals surface area contributed by atoms with E-state index in [1.807, 2.05) is 7.05 Å². The highest BCUT2D eigenvalue weighted by Gasteiger charge is 2.23. The topological polar surface area (TPSA) is 109 Å². The van der Waals surface area contributed by atoms with E-state index < -0.39 is 17.5 Å². The third-order valence-corrected chi connectivity index (χ3v) is 2.48. The van der Waals surface area contributed by atoms with Gasteiger partial charge in [-0.2, -0.15) is 0 Å². The number of amides is 2. The maximum absolute atomic E-state index is 11.6. The molecule has 106 valence electrons. The molecule has 0 aliphatic rings. The molecular formula is C11H19N5O3. The maximum atomic E-state index is 11.6. The Bertz CT molecular complexity index is 455. The van der Waals surface area contributed by atoms with Crippen LogP contribution in [-0.4, -0.2) is 44.0 Å². The Balaban J connectivity index is 2.32. The zero-order chi connectivity index (χ0) is 14.5. The first-order valence-corrected chi connectivity index (χ1v) is 5.91. The van der Waals surface area contributed by atoms with E-state index in [9.17, 15) is 9.59 Å². The summed E-state index contributed by atoms with van der Waals surface area (Å²) in [7, 11) is 1.82. The molecule has 0 atom stereocenters. The van der Waals surface area contributed by atoms with Crippen molar-refractivity contribution in [1.82, 2.24) is 25.4 Å². The average molecular weight is 269 g/mol. The molecule has 1 aromatic rings. The smallest absolute Gasteiger partial charge is 0.315 e. The second kappa shape index (κ2) is 6.17. The summed E-state index contributed by atoms with van der Waals surface area (Å²) < 4.78 is 1.77. The van der Waals surface area contributed by atoms with Crippen LogP contribution in [0, 0.1) is 0 Å². The van der Waals surface area contributed by atoms with Crippen LogP contribution in [0.4, 0.5) is 4.79 Å². The van der Waals surface area contributed by atoms with Crippen LogP contribution in [0.3, 0.4) is 0 Å². The summed E-state index contributed by atoms with van der Waals surface area (Å²) in [6, 6.07) is -0.395. The van der Waals surface area contributed by atoms with Crippen LogP contribution >= 0.6 is 0 Å². The van der Waals surface area contributed by atoms with Crippen LogP contribution in [0.25, 0.3) is 0 Å². The van der Waals surface area contributed by atoms with Crippen LogP contribution < -0.4 is 10.6 Å². The molecule has 0 saturated carbocycles. The van der Waals surface area contributed by atoms with Crippen LogP contribution in [-0.2, 0) is 18.3 Å². The number of aliphatic carboxylic acids is 1. The highest BCUT2D eigenvalue weighted by molar-refractivity contribution is 5.76. The molecule has 0 bridgehead atoms. The quantitative estimate of drug-likeness (QED) is 0.668. The maximum Gasteiger partial charge on any atom is 0.315 e. The number of nitrogens with one attached hydrogen (secondary N) is 2.